The van der Waals surface area contributed by atoms with E-state index in [1.54, 1.807) is 228 Å². The predicted molar refractivity (Wildman–Crippen MR) is 570 cm³/mol. The highest BCUT2D eigenvalue weighted by Crippen LogP contribution is 2.37. The molecule has 1 atom stereocenters. The molecule has 150 heavy (non-hydrogen) atoms. The largest absolute Gasteiger partial charge is 0.508 e. The topological polar surface area (TPSA) is 538 Å². The second-order valence-electron chi connectivity index (χ2n) is 30.9. The number of ether oxygens (including phenoxy) is 4. The van der Waals surface area contributed by atoms with Gasteiger partial charge in [0.1, 0.15) is 74.7 Å². The van der Waals surface area contributed by atoms with E-state index in [-0.39, 0.29) is 72.7 Å². The summed E-state index contributed by atoms with van der Waals surface area (Å²) in [7, 11) is 3.15. The number of allylic oxidation sites excluding steroid dienone is 2. The molecule has 12 N–H and O–H groups in total. The summed E-state index contributed by atoms with van der Waals surface area (Å²) in [6, 6.07) is 75.5. The van der Waals surface area contributed by atoms with Crippen LogP contribution in [0.5, 0.6) is 34.5 Å². The second kappa shape index (κ2) is 60.9. The number of hydrogen-bond donors (Lipinski definition) is 12. The molecule has 8 aromatic carbocycles. The van der Waals surface area contributed by atoms with Gasteiger partial charge in [-0.3, -0.25) is 43.5 Å². The number of methoxy groups -OCH3 is 2. The van der Waals surface area contributed by atoms with Crippen molar-refractivity contribution < 1.29 is 104 Å². The minimum atomic E-state index is -1.24. The van der Waals surface area contributed by atoms with Gasteiger partial charge in [-0.05, 0) is 262 Å². The Hall–Kier alpha value is -19.3. The molecule has 0 saturated heterocycles. The minimum Gasteiger partial charge on any atom is -0.508 e. The fourth-order valence-electron chi connectivity index (χ4n) is 12.1. The molecule has 1 unspecified atom stereocenters. The SMILES string of the molecule is CC(/C=N/NC(=O)C(O)c1ccccc1)=C\c1ccco1.COc1cc(Br)ccc1OCC(=O)N/N=C(C)/C=C/c1ccco1.COc1ccc2ccccc2c1-c1cc(C(=O)N/N=C(\C)c2ccco2)[nH]n1.Cc1c(Cl)cccc1NC(=O)CCC(=O)N/N=C/c1ccco1.Cc1ccc(OCC(=O)N/N=C/c2ccco2)cc1C.O=C(N/N=C/c1ccco1)c1ccc(O)cc1O.O=C(N/N=C/c1ccco1)c1ccccc1. The van der Waals surface area contributed by atoms with Crippen molar-refractivity contribution in [2.24, 2.45) is 35.7 Å². The molecule has 39 nitrogen and oxygen atoms in total. The summed E-state index contributed by atoms with van der Waals surface area (Å²) >= 11 is 9.33. The van der Waals surface area contributed by atoms with Crippen LogP contribution < -0.4 is 62.2 Å². The number of nitrogens with zero attached hydrogens (tertiary/aromatic N) is 8. The maximum Gasteiger partial charge on any atom is 0.289 e. The lowest BCUT2D eigenvalue weighted by molar-refractivity contribution is -0.129. The number of phenolic OH excluding ortho intramolecular Hbond substituents is 2. The summed E-state index contributed by atoms with van der Waals surface area (Å²) in [5, 5.41) is 67.6. The van der Waals surface area contributed by atoms with Gasteiger partial charge in [0.2, 0.25) is 11.8 Å². The molecule has 0 saturated carbocycles. The fraction of sp³-hybridized carbons (Fsp3) is 0.119. The molecule has 0 aliphatic heterocycles. The summed E-state index contributed by atoms with van der Waals surface area (Å²) in [4.78, 5) is 94.0. The van der Waals surface area contributed by atoms with E-state index in [4.69, 9.17) is 66.6 Å². The molecule has 0 radical (unpaired) electrons. The number of hydrazone groups is 7. The van der Waals surface area contributed by atoms with Gasteiger partial charge in [-0.1, -0.05) is 119 Å². The van der Waals surface area contributed by atoms with E-state index in [1.807, 2.05) is 107 Å². The number of aromatic nitrogens is 2. The third kappa shape index (κ3) is 39.1. The average Bonchev–Trinajstić information content (AvgIpc) is 1.52. The van der Waals surface area contributed by atoms with E-state index in [0.717, 1.165) is 43.6 Å². The number of halogens is 2. The number of fused-ring (bicyclic) bond motifs is 1. The Labute approximate surface area is 872 Å². The van der Waals surface area contributed by atoms with Crippen LogP contribution in [0.15, 0.2) is 387 Å². The first-order valence-corrected chi connectivity index (χ1v) is 46.4. The van der Waals surface area contributed by atoms with Crippen molar-refractivity contribution in [1.29, 1.82) is 0 Å². The van der Waals surface area contributed by atoms with Gasteiger partial charge in [0.05, 0.1) is 112 Å². The third-order valence-electron chi connectivity index (χ3n) is 19.9. The van der Waals surface area contributed by atoms with Crippen molar-refractivity contribution in [3.63, 3.8) is 0 Å². The van der Waals surface area contributed by atoms with Crippen molar-refractivity contribution in [3.8, 4) is 45.8 Å². The Morgan fingerprint density at radius 2 is 1.03 bits per heavy atom. The second-order valence-corrected chi connectivity index (χ2v) is 32.3. The van der Waals surface area contributed by atoms with Crippen molar-refractivity contribution >= 4 is 146 Å². The molecule has 0 bridgehead atoms. The van der Waals surface area contributed by atoms with Crippen LogP contribution in [0.2, 0.25) is 5.02 Å². The molecule has 0 fully saturated rings. The number of hydrogen-bond acceptors (Lipinski definition) is 30. The number of phenols is 2. The number of anilines is 1. The van der Waals surface area contributed by atoms with Gasteiger partial charge in [-0.2, -0.15) is 40.8 Å². The number of aryl methyl sites for hydroxylation is 2. The van der Waals surface area contributed by atoms with Crippen LogP contribution in [-0.4, -0.2) is 143 Å². The number of aromatic hydroxyl groups is 2. The summed E-state index contributed by atoms with van der Waals surface area (Å²) in [6.07, 6.45) is 22.0. The smallest absolute Gasteiger partial charge is 0.289 e. The number of aliphatic hydroxyl groups is 1. The summed E-state index contributed by atoms with van der Waals surface area (Å²) in [6.45, 7) is 10.9. The Bertz CT molecular complexity index is 7290. The maximum atomic E-state index is 12.4. The molecular weight excluding hydrogens is 2010 g/mol. The van der Waals surface area contributed by atoms with Gasteiger partial charge >= 0.3 is 0 Å². The molecule has 0 aliphatic rings. The Morgan fingerprint density at radius 3 is 1.63 bits per heavy atom. The van der Waals surface area contributed by atoms with Gasteiger partial charge in [-0.15, -0.1) is 0 Å². The predicted octanol–water partition coefficient (Wildman–Crippen LogP) is 19.2. The Kier molecular flexibility index (Phi) is 45.7. The van der Waals surface area contributed by atoms with Crippen LogP contribution >= 0.6 is 27.5 Å². The number of nitrogens with one attached hydrogen (secondary N) is 9. The number of benzene rings is 8. The van der Waals surface area contributed by atoms with E-state index in [0.29, 0.717) is 108 Å². The number of H-pyrrole nitrogens is 1. The maximum absolute atomic E-state index is 12.4. The first kappa shape index (κ1) is 113. The van der Waals surface area contributed by atoms with Gasteiger partial charge in [0.25, 0.3) is 35.4 Å². The van der Waals surface area contributed by atoms with Gasteiger partial charge in [0, 0.05) is 39.7 Å². The monoisotopic (exact) mass is 2120 g/mol. The van der Waals surface area contributed by atoms with E-state index < -0.39 is 23.8 Å². The number of aromatic amines is 1. The zero-order valence-electron chi connectivity index (χ0n) is 81.8. The molecule has 16 aromatic rings. The van der Waals surface area contributed by atoms with Crippen LogP contribution in [0.25, 0.3) is 34.2 Å². The van der Waals surface area contributed by atoms with E-state index in [2.05, 4.69) is 105 Å². The van der Waals surface area contributed by atoms with Crippen LogP contribution in [0.4, 0.5) is 5.69 Å². The molecule has 0 spiro atoms. The van der Waals surface area contributed by atoms with Crippen molar-refractivity contribution in [1.82, 2.24) is 48.2 Å². The number of carbonyl (C=O) groups excluding carboxylic acids is 8. The molecule has 8 aromatic heterocycles. The number of aliphatic hydroxyl groups excluding tert-OH is 1. The van der Waals surface area contributed by atoms with E-state index >= 15 is 0 Å². The van der Waals surface area contributed by atoms with Crippen LogP contribution in [0.3, 0.4) is 0 Å². The first-order valence-electron chi connectivity index (χ1n) is 45.2. The quantitative estimate of drug-likeness (QED) is 0.0132. The van der Waals surface area contributed by atoms with E-state index in [9.17, 15) is 48.6 Å². The standard InChI is InChI=1S/C21H18N4O3.C17H17BrN2O4.C16H16ClN3O3.C16H16N2O3.C15H16N2O3.C12H10N2O4.C12H10N2O2/c1-13(18-8-5-11-28-18)22-25-21(26)17-12-16(23-24-17)20-15-7-4-3-6-14(15)9-10-19(20)27-2;1-12(5-7-14-4-3-9-23-14)19-20-17(21)11-24-15-8-6-13(18)10-16(15)22-2;1-11-13(17)5-2-6-14(11)19-15(21)7-8-16(22)20-18-10-12-4-3-9-23-12;1-12(10-14-8-5-9-21-14)11-17-18-16(20)15(19)13-6-3-2-4-7-13;1-11-5-6-13(8-12(11)2)20-10-15(18)17-16-9-14-4-3-7-19-14;15-8-3-4-10(11(16)6-8)12(17)14-13-7-9-2-1-5-18-9;15-12(10-5-2-1-3-6-10)14-13-9-11-7-4-8-16-11/h3-12H,1-2H3,(H,23,24)(H,25,26);3-10H,11H2,1-2H3,(H,20,21);2-6,9-10H,7-8H2,1H3,(H,19,21)(H,20,22);2-11,15,19H,1H3,(H,18,20);3-9H,10H2,1-2H3,(H,17,18);1-7,15-16H,(H,14,17);1-9H,(H,14,15)/b22-13+;7-5+,19-12+;18-10+;12-10+,17-11+;16-9+;13-7+;13-9+. The minimum absolute atomic E-state index is 0.0180. The first-order chi connectivity index (χ1) is 72.6. The Balaban J connectivity index is 0.000000180. The highest BCUT2D eigenvalue weighted by atomic mass is 79.9. The average molecular weight is 2120 g/mol. The zero-order chi connectivity index (χ0) is 107. The van der Waals surface area contributed by atoms with Crippen LogP contribution in [0.1, 0.15) is 133 Å². The normalized spacial score (nSPS) is 11.3. The van der Waals surface area contributed by atoms with Crippen LogP contribution in [-0.2, 0) is 24.0 Å². The van der Waals surface area contributed by atoms with E-state index in [1.165, 1.54) is 74.7 Å². The number of carbonyl (C=O) groups is 8. The summed E-state index contributed by atoms with van der Waals surface area (Å²) in [5.41, 5.74) is 25.1. The van der Waals surface area contributed by atoms with Crippen LogP contribution in [0, 0.1) is 20.8 Å². The molecule has 41 heteroatoms. The molecule has 8 heterocycles. The summed E-state index contributed by atoms with van der Waals surface area (Å²) < 4.78 is 58.0. The lowest BCUT2D eigenvalue weighted by Gasteiger charge is -2.10. The number of rotatable bonds is 34. The lowest BCUT2D eigenvalue weighted by Crippen LogP contribution is -2.25. The third-order valence-corrected chi connectivity index (χ3v) is 20.8. The Morgan fingerprint density at radius 1 is 0.473 bits per heavy atom. The summed E-state index contributed by atoms with van der Waals surface area (Å²) in [5.74, 6) is 2.98. The fourth-order valence-corrected chi connectivity index (χ4v) is 12.6. The van der Waals surface area contributed by atoms with Gasteiger partial charge < -0.3 is 70.5 Å². The highest BCUT2D eigenvalue weighted by molar-refractivity contribution is 9.10. The lowest BCUT2D eigenvalue weighted by atomic mass is 10.0. The van der Waals surface area contributed by atoms with Gasteiger partial charge in [-0.25, -0.2) is 38.0 Å². The zero-order valence-corrected chi connectivity index (χ0v) is 84.2. The van der Waals surface area contributed by atoms with Crippen molar-refractivity contribution in [2.45, 2.75) is 60.5 Å². The molecule has 0 aliphatic carbocycles. The molecule has 8 amide bonds. The highest BCUT2D eigenvalue weighted by Gasteiger charge is 2.21. The number of amides is 8. The number of furan rings is 7. The van der Waals surface area contributed by atoms with Crippen molar-refractivity contribution in [3.05, 3.63) is 405 Å². The van der Waals surface area contributed by atoms with Crippen molar-refractivity contribution in [2.75, 3.05) is 32.8 Å². The molecule has 770 valence electrons. The van der Waals surface area contributed by atoms with Gasteiger partial charge in [0.15, 0.2) is 30.8 Å². The molecular formula is C109H103BrClN17O22. The molecule has 16 rings (SSSR count).